The fourth-order valence-corrected chi connectivity index (χ4v) is 1.36. The molecule has 0 saturated heterocycles. The number of rotatable bonds is 6. The third kappa shape index (κ3) is 7.77. The van der Waals surface area contributed by atoms with Crippen molar-refractivity contribution in [3.8, 4) is 0 Å². The monoisotopic (exact) mass is 216 g/mol. The van der Waals surface area contributed by atoms with Crippen molar-refractivity contribution in [2.24, 2.45) is 5.92 Å². The van der Waals surface area contributed by atoms with Crippen molar-refractivity contribution in [1.29, 1.82) is 0 Å². The van der Waals surface area contributed by atoms with Crippen LogP contribution in [0.3, 0.4) is 0 Å². The molecule has 0 bridgehead atoms. The quantitative estimate of drug-likeness (QED) is 0.703. The minimum Gasteiger partial charge on any atom is -0.395 e. The summed E-state index contributed by atoms with van der Waals surface area (Å²) >= 11 is 0. The first-order valence-corrected chi connectivity index (χ1v) is 5.82. The lowest BCUT2D eigenvalue weighted by Crippen LogP contribution is -2.42. The highest BCUT2D eigenvalue weighted by Crippen LogP contribution is 2.04. The molecule has 0 aliphatic carbocycles. The number of hydrogen-bond acceptors (Lipinski definition) is 3. The molecule has 0 aromatic carbocycles. The van der Waals surface area contributed by atoms with E-state index < -0.39 is 0 Å². The van der Waals surface area contributed by atoms with Crippen LogP contribution in [0.4, 0.5) is 0 Å². The van der Waals surface area contributed by atoms with E-state index in [4.69, 9.17) is 5.11 Å². The highest BCUT2D eigenvalue weighted by Gasteiger charge is 2.14. The van der Waals surface area contributed by atoms with Gasteiger partial charge in [0, 0.05) is 18.1 Å². The van der Waals surface area contributed by atoms with Gasteiger partial charge >= 0.3 is 0 Å². The van der Waals surface area contributed by atoms with E-state index in [0.717, 1.165) is 13.1 Å². The van der Waals surface area contributed by atoms with Crippen LogP contribution in [0.15, 0.2) is 0 Å². The molecular formula is C12H28N2O. The summed E-state index contributed by atoms with van der Waals surface area (Å²) in [5.41, 5.74) is 0.190. The molecule has 0 heterocycles. The van der Waals surface area contributed by atoms with E-state index in [-0.39, 0.29) is 18.2 Å². The van der Waals surface area contributed by atoms with Gasteiger partial charge in [0.25, 0.3) is 0 Å². The molecule has 0 radical (unpaired) electrons. The first-order valence-electron chi connectivity index (χ1n) is 5.82. The van der Waals surface area contributed by atoms with Crippen LogP contribution in [0, 0.1) is 5.92 Å². The van der Waals surface area contributed by atoms with E-state index in [9.17, 15) is 0 Å². The first-order chi connectivity index (χ1) is 6.76. The average molecular weight is 216 g/mol. The summed E-state index contributed by atoms with van der Waals surface area (Å²) in [4.78, 5) is 2.20. The number of aliphatic hydroxyl groups excluding tert-OH is 1. The van der Waals surface area contributed by atoms with E-state index in [0.29, 0.717) is 5.92 Å². The zero-order valence-corrected chi connectivity index (χ0v) is 11.2. The molecule has 3 heteroatoms. The second kappa shape index (κ2) is 6.46. The van der Waals surface area contributed by atoms with Crippen LogP contribution in [0.1, 0.15) is 34.6 Å². The van der Waals surface area contributed by atoms with Gasteiger partial charge in [0.2, 0.25) is 0 Å². The fraction of sp³-hybridized carbons (Fsp3) is 1.00. The van der Waals surface area contributed by atoms with Gasteiger partial charge in [-0.05, 0) is 47.2 Å². The SMILES string of the molecule is CC(CNC(C)(C)C)CN(C)C(C)CO. The Hall–Kier alpha value is -0.120. The zero-order chi connectivity index (χ0) is 12.1. The van der Waals surface area contributed by atoms with Crippen molar-refractivity contribution in [2.75, 3.05) is 26.7 Å². The molecule has 0 spiro atoms. The Bertz CT molecular complexity index is 165. The number of aliphatic hydroxyl groups is 1. The van der Waals surface area contributed by atoms with Crippen LogP contribution < -0.4 is 5.32 Å². The summed E-state index contributed by atoms with van der Waals surface area (Å²) in [6.45, 7) is 13.1. The molecule has 15 heavy (non-hydrogen) atoms. The molecule has 2 N–H and O–H groups in total. The summed E-state index contributed by atoms with van der Waals surface area (Å²) in [6, 6.07) is 0.252. The number of hydrogen-bond donors (Lipinski definition) is 2. The highest BCUT2D eigenvalue weighted by atomic mass is 16.3. The van der Waals surface area contributed by atoms with Crippen LogP contribution >= 0.6 is 0 Å². The Kier molecular flexibility index (Phi) is 6.41. The van der Waals surface area contributed by atoms with Gasteiger partial charge in [-0.1, -0.05) is 6.92 Å². The molecule has 0 saturated carbocycles. The topological polar surface area (TPSA) is 35.5 Å². The zero-order valence-electron chi connectivity index (χ0n) is 11.2. The highest BCUT2D eigenvalue weighted by molar-refractivity contribution is 4.73. The lowest BCUT2D eigenvalue weighted by Gasteiger charge is -2.28. The van der Waals surface area contributed by atoms with E-state index in [1.54, 1.807) is 0 Å². The van der Waals surface area contributed by atoms with E-state index in [1.165, 1.54) is 0 Å². The Labute approximate surface area is 94.9 Å². The lowest BCUT2D eigenvalue weighted by molar-refractivity contribution is 0.143. The van der Waals surface area contributed by atoms with E-state index in [1.807, 2.05) is 6.92 Å². The second-order valence-electron chi connectivity index (χ2n) is 5.71. The van der Waals surface area contributed by atoms with Gasteiger partial charge in [-0.25, -0.2) is 0 Å². The second-order valence-corrected chi connectivity index (χ2v) is 5.71. The third-order valence-corrected chi connectivity index (χ3v) is 2.60. The Balaban J connectivity index is 3.78. The first kappa shape index (κ1) is 14.9. The fourth-order valence-electron chi connectivity index (χ4n) is 1.36. The minimum absolute atomic E-state index is 0.190. The van der Waals surface area contributed by atoms with Gasteiger partial charge in [-0.15, -0.1) is 0 Å². The summed E-state index contributed by atoms with van der Waals surface area (Å²) < 4.78 is 0. The number of nitrogens with zero attached hydrogens (tertiary/aromatic N) is 1. The summed E-state index contributed by atoms with van der Waals surface area (Å²) in [5, 5.41) is 12.5. The van der Waals surface area contributed by atoms with Crippen LogP contribution in [-0.4, -0.2) is 48.3 Å². The van der Waals surface area contributed by atoms with Gasteiger partial charge in [0.05, 0.1) is 6.61 Å². The van der Waals surface area contributed by atoms with Crippen LogP contribution in [0.2, 0.25) is 0 Å². The minimum atomic E-state index is 0.190. The summed E-state index contributed by atoms with van der Waals surface area (Å²) in [7, 11) is 2.06. The van der Waals surface area contributed by atoms with Gasteiger partial charge in [-0.3, -0.25) is 0 Å². The average Bonchev–Trinajstić information content (AvgIpc) is 2.12. The standard InChI is InChI=1S/C12H28N2O/c1-10(7-13-12(3,4)5)8-14(6)11(2)9-15/h10-11,13,15H,7-9H2,1-6H3. The van der Waals surface area contributed by atoms with Crippen molar-refractivity contribution >= 4 is 0 Å². The predicted octanol–water partition coefficient (Wildman–Crippen LogP) is 1.32. The molecule has 3 nitrogen and oxygen atoms in total. The van der Waals surface area contributed by atoms with E-state index >= 15 is 0 Å². The molecule has 2 atom stereocenters. The Morgan fingerprint density at radius 1 is 1.27 bits per heavy atom. The molecule has 92 valence electrons. The van der Waals surface area contributed by atoms with Gasteiger partial charge in [0.15, 0.2) is 0 Å². The molecule has 0 rings (SSSR count). The predicted molar refractivity (Wildman–Crippen MR) is 66.1 cm³/mol. The van der Waals surface area contributed by atoms with Crippen LogP contribution in [-0.2, 0) is 0 Å². The van der Waals surface area contributed by atoms with Crippen molar-refractivity contribution < 1.29 is 5.11 Å². The molecule has 2 unspecified atom stereocenters. The number of nitrogens with one attached hydrogen (secondary N) is 1. The van der Waals surface area contributed by atoms with Crippen molar-refractivity contribution in [3.63, 3.8) is 0 Å². The molecular weight excluding hydrogens is 188 g/mol. The molecule has 0 aromatic rings. The summed E-state index contributed by atoms with van der Waals surface area (Å²) in [5.74, 6) is 0.600. The number of likely N-dealkylation sites (N-methyl/N-ethyl adjacent to an activating group) is 1. The smallest absolute Gasteiger partial charge is 0.0584 e. The van der Waals surface area contributed by atoms with Gasteiger partial charge in [0.1, 0.15) is 0 Å². The maximum atomic E-state index is 9.02. The van der Waals surface area contributed by atoms with Crippen LogP contribution in [0.5, 0.6) is 0 Å². The van der Waals surface area contributed by atoms with Crippen molar-refractivity contribution in [3.05, 3.63) is 0 Å². The molecule has 0 aliphatic heterocycles. The maximum Gasteiger partial charge on any atom is 0.0584 e. The molecule has 0 fully saturated rings. The molecule has 0 amide bonds. The van der Waals surface area contributed by atoms with E-state index in [2.05, 4.69) is 45.0 Å². The third-order valence-electron chi connectivity index (χ3n) is 2.60. The van der Waals surface area contributed by atoms with Crippen molar-refractivity contribution in [1.82, 2.24) is 10.2 Å². The molecule has 0 aliphatic rings. The lowest BCUT2D eigenvalue weighted by atomic mass is 10.1. The van der Waals surface area contributed by atoms with Crippen LogP contribution in [0.25, 0.3) is 0 Å². The van der Waals surface area contributed by atoms with Crippen molar-refractivity contribution in [2.45, 2.75) is 46.2 Å². The summed E-state index contributed by atoms with van der Waals surface area (Å²) in [6.07, 6.45) is 0. The Morgan fingerprint density at radius 3 is 2.20 bits per heavy atom. The molecule has 0 aromatic heterocycles. The maximum absolute atomic E-state index is 9.02. The van der Waals surface area contributed by atoms with Gasteiger partial charge < -0.3 is 15.3 Å². The largest absolute Gasteiger partial charge is 0.395 e. The van der Waals surface area contributed by atoms with Gasteiger partial charge in [-0.2, -0.15) is 0 Å². The normalized spacial score (nSPS) is 16.8. The Morgan fingerprint density at radius 2 is 1.80 bits per heavy atom.